The van der Waals surface area contributed by atoms with Gasteiger partial charge in [0.25, 0.3) is 5.69 Å². The molecule has 20 heavy (non-hydrogen) atoms. The Hall–Kier alpha value is -2.15. The number of hydrogen-bond acceptors (Lipinski definition) is 5. The van der Waals surface area contributed by atoms with Crippen LogP contribution < -0.4 is 15.8 Å². The molecular weight excluding hydrogens is 262 g/mol. The van der Waals surface area contributed by atoms with E-state index < -0.39 is 4.92 Å². The highest BCUT2D eigenvalue weighted by molar-refractivity contribution is 5.76. The molecule has 0 heterocycles. The lowest BCUT2D eigenvalue weighted by Gasteiger charge is -2.10. The number of nitro groups is 1. The van der Waals surface area contributed by atoms with Crippen LogP contribution in [-0.4, -0.2) is 23.5 Å². The molecule has 1 aromatic carbocycles. The minimum Gasteiger partial charge on any atom is -0.493 e. The number of nitro benzene ring substituents is 1. The van der Waals surface area contributed by atoms with Crippen molar-refractivity contribution >= 4 is 11.6 Å². The molecule has 1 amide bonds. The smallest absolute Gasteiger partial charge is 0.270 e. The minimum atomic E-state index is -0.480. The van der Waals surface area contributed by atoms with Gasteiger partial charge >= 0.3 is 0 Å². The minimum absolute atomic E-state index is 0.0238. The van der Waals surface area contributed by atoms with Crippen molar-refractivity contribution in [1.29, 1.82) is 0 Å². The maximum Gasteiger partial charge on any atom is 0.270 e. The largest absolute Gasteiger partial charge is 0.493 e. The van der Waals surface area contributed by atoms with E-state index in [0.29, 0.717) is 17.4 Å². The number of non-ortho nitro benzene ring substituents is 1. The summed E-state index contributed by atoms with van der Waals surface area (Å²) >= 11 is 0. The van der Waals surface area contributed by atoms with Crippen molar-refractivity contribution in [1.82, 2.24) is 5.32 Å². The second-order valence-electron chi connectivity index (χ2n) is 4.69. The van der Waals surface area contributed by atoms with E-state index in [2.05, 4.69) is 5.32 Å². The van der Waals surface area contributed by atoms with Gasteiger partial charge in [-0.2, -0.15) is 0 Å². The van der Waals surface area contributed by atoms with Gasteiger partial charge in [-0.05, 0) is 18.9 Å². The molecule has 3 N–H and O–H groups in total. The third kappa shape index (κ3) is 3.92. The SMILES string of the molecule is NCc1cc([N+](=O)[O-])ccc1OCCC(=O)NC1CC1. The molecule has 2 rings (SSSR count). The highest BCUT2D eigenvalue weighted by Gasteiger charge is 2.22. The highest BCUT2D eigenvalue weighted by Crippen LogP contribution is 2.24. The molecule has 1 aliphatic carbocycles. The third-order valence-corrected chi connectivity index (χ3v) is 3.00. The van der Waals surface area contributed by atoms with Gasteiger partial charge in [0.2, 0.25) is 5.91 Å². The highest BCUT2D eigenvalue weighted by atomic mass is 16.6. The Morgan fingerprint density at radius 3 is 2.85 bits per heavy atom. The number of benzene rings is 1. The molecule has 1 saturated carbocycles. The van der Waals surface area contributed by atoms with Crippen LogP contribution in [0.4, 0.5) is 5.69 Å². The molecule has 1 aromatic rings. The summed E-state index contributed by atoms with van der Waals surface area (Å²) in [4.78, 5) is 21.7. The first-order chi connectivity index (χ1) is 9.60. The molecule has 7 heteroatoms. The van der Waals surface area contributed by atoms with E-state index in [4.69, 9.17) is 10.5 Å². The fourth-order valence-electron chi connectivity index (χ4n) is 1.76. The van der Waals surface area contributed by atoms with Crippen LogP contribution in [-0.2, 0) is 11.3 Å². The molecule has 108 valence electrons. The van der Waals surface area contributed by atoms with Gasteiger partial charge in [-0.3, -0.25) is 14.9 Å². The lowest BCUT2D eigenvalue weighted by atomic mass is 10.2. The van der Waals surface area contributed by atoms with Crippen LogP contribution in [0.3, 0.4) is 0 Å². The summed E-state index contributed by atoms with van der Waals surface area (Å²) in [7, 11) is 0. The van der Waals surface area contributed by atoms with Crippen LogP contribution in [0.25, 0.3) is 0 Å². The fraction of sp³-hybridized carbons (Fsp3) is 0.462. The fourth-order valence-corrected chi connectivity index (χ4v) is 1.76. The number of hydrogen-bond donors (Lipinski definition) is 2. The Bertz CT molecular complexity index is 514. The summed E-state index contributed by atoms with van der Waals surface area (Å²) in [6.07, 6.45) is 2.36. The number of ether oxygens (including phenoxy) is 1. The van der Waals surface area contributed by atoms with Crippen LogP contribution in [0.1, 0.15) is 24.8 Å². The van der Waals surface area contributed by atoms with Crippen LogP contribution >= 0.6 is 0 Å². The maximum absolute atomic E-state index is 11.5. The number of carbonyl (C=O) groups excluding carboxylic acids is 1. The standard InChI is InChI=1S/C13H17N3O4/c14-8-9-7-11(16(18)19)3-4-12(9)20-6-5-13(17)15-10-1-2-10/h3-4,7,10H,1-2,5-6,8,14H2,(H,15,17). The molecule has 0 spiro atoms. The Morgan fingerprint density at radius 2 is 2.25 bits per heavy atom. The Labute approximate surface area is 116 Å². The van der Waals surface area contributed by atoms with Crippen molar-refractivity contribution in [2.45, 2.75) is 31.8 Å². The first-order valence-electron chi connectivity index (χ1n) is 6.49. The summed E-state index contributed by atoms with van der Waals surface area (Å²) in [5, 5.41) is 13.5. The van der Waals surface area contributed by atoms with E-state index in [9.17, 15) is 14.9 Å². The summed E-state index contributed by atoms with van der Waals surface area (Å²) in [6.45, 7) is 0.370. The van der Waals surface area contributed by atoms with Crippen LogP contribution in [0.5, 0.6) is 5.75 Å². The van der Waals surface area contributed by atoms with Gasteiger partial charge < -0.3 is 15.8 Å². The van der Waals surface area contributed by atoms with Gasteiger partial charge in [-0.1, -0.05) is 0 Å². The second kappa shape index (κ2) is 6.33. The van der Waals surface area contributed by atoms with Crippen LogP contribution in [0, 0.1) is 10.1 Å². The molecular formula is C13H17N3O4. The lowest BCUT2D eigenvalue weighted by molar-refractivity contribution is -0.384. The molecule has 0 atom stereocenters. The van der Waals surface area contributed by atoms with Crippen molar-refractivity contribution in [2.24, 2.45) is 5.73 Å². The molecule has 0 radical (unpaired) electrons. The number of rotatable bonds is 7. The summed E-state index contributed by atoms with van der Waals surface area (Å²) in [5.41, 5.74) is 6.08. The molecule has 7 nitrogen and oxygen atoms in total. The molecule has 0 unspecified atom stereocenters. The quantitative estimate of drug-likeness (QED) is 0.574. The number of carbonyl (C=O) groups is 1. The summed E-state index contributed by atoms with van der Waals surface area (Å²) < 4.78 is 5.47. The van der Waals surface area contributed by atoms with Crippen molar-refractivity contribution < 1.29 is 14.5 Å². The predicted molar refractivity (Wildman–Crippen MR) is 72.3 cm³/mol. The zero-order valence-electron chi connectivity index (χ0n) is 11.0. The maximum atomic E-state index is 11.5. The topological polar surface area (TPSA) is 107 Å². The average Bonchev–Trinajstić information content (AvgIpc) is 3.22. The van der Waals surface area contributed by atoms with Crippen LogP contribution in [0.15, 0.2) is 18.2 Å². The monoisotopic (exact) mass is 279 g/mol. The Balaban J connectivity index is 1.87. The first kappa shape index (κ1) is 14.3. The molecule has 1 fully saturated rings. The molecule has 0 bridgehead atoms. The van der Waals surface area contributed by atoms with Gasteiger partial charge in [0.05, 0.1) is 18.0 Å². The summed E-state index contributed by atoms with van der Waals surface area (Å²) in [5.74, 6) is 0.445. The second-order valence-corrected chi connectivity index (χ2v) is 4.69. The molecule has 0 saturated heterocycles. The van der Waals surface area contributed by atoms with Gasteiger partial charge in [0.15, 0.2) is 0 Å². The van der Waals surface area contributed by atoms with Gasteiger partial charge in [-0.15, -0.1) is 0 Å². The van der Waals surface area contributed by atoms with Crippen molar-refractivity contribution in [3.05, 3.63) is 33.9 Å². The van der Waals surface area contributed by atoms with E-state index in [0.717, 1.165) is 12.8 Å². The normalized spacial score (nSPS) is 13.8. The van der Waals surface area contributed by atoms with Gasteiger partial charge in [0, 0.05) is 30.3 Å². The number of nitrogens with two attached hydrogens (primary N) is 1. The van der Waals surface area contributed by atoms with E-state index in [-0.39, 0.29) is 31.2 Å². The van der Waals surface area contributed by atoms with E-state index >= 15 is 0 Å². The zero-order chi connectivity index (χ0) is 14.5. The summed E-state index contributed by atoms with van der Waals surface area (Å²) in [6, 6.07) is 4.60. The molecule has 0 aromatic heterocycles. The Kier molecular flexibility index (Phi) is 4.52. The van der Waals surface area contributed by atoms with E-state index in [1.165, 1.54) is 18.2 Å². The molecule has 0 aliphatic heterocycles. The van der Waals surface area contributed by atoms with Crippen molar-refractivity contribution in [3.63, 3.8) is 0 Å². The average molecular weight is 279 g/mol. The van der Waals surface area contributed by atoms with Crippen molar-refractivity contribution in [3.8, 4) is 5.75 Å². The lowest BCUT2D eigenvalue weighted by Crippen LogP contribution is -2.26. The van der Waals surface area contributed by atoms with Gasteiger partial charge in [0.1, 0.15) is 5.75 Å². The van der Waals surface area contributed by atoms with Crippen molar-refractivity contribution in [2.75, 3.05) is 6.61 Å². The zero-order valence-corrected chi connectivity index (χ0v) is 11.0. The predicted octanol–water partition coefficient (Wildman–Crippen LogP) is 1.10. The number of amides is 1. The first-order valence-corrected chi connectivity index (χ1v) is 6.49. The number of nitrogens with one attached hydrogen (secondary N) is 1. The van der Waals surface area contributed by atoms with E-state index in [1.54, 1.807) is 0 Å². The van der Waals surface area contributed by atoms with Crippen LogP contribution in [0.2, 0.25) is 0 Å². The van der Waals surface area contributed by atoms with Gasteiger partial charge in [-0.25, -0.2) is 0 Å². The number of nitrogens with zero attached hydrogens (tertiary/aromatic N) is 1. The Morgan fingerprint density at radius 1 is 1.50 bits per heavy atom. The third-order valence-electron chi connectivity index (χ3n) is 3.00. The molecule has 1 aliphatic rings. The van der Waals surface area contributed by atoms with E-state index in [1.807, 2.05) is 0 Å².